The van der Waals surface area contributed by atoms with Crippen LogP contribution in [0.25, 0.3) is 0 Å². The molecule has 0 bridgehead atoms. The van der Waals surface area contributed by atoms with Crippen molar-refractivity contribution in [3.63, 3.8) is 0 Å². The van der Waals surface area contributed by atoms with E-state index in [9.17, 15) is 14.4 Å². The fourth-order valence-corrected chi connectivity index (χ4v) is 1.31. The fraction of sp³-hybridized carbons (Fsp3) is 0.500. The van der Waals surface area contributed by atoms with Crippen LogP contribution in [0, 0.1) is 0 Å². The molecule has 0 saturated heterocycles. The monoisotopic (exact) mass is 259 g/mol. The van der Waals surface area contributed by atoms with Gasteiger partial charge < -0.3 is 4.90 Å². The Bertz CT molecular complexity index is 532. The number of amides is 1. The summed E-state index contributed by atoms with van der Waals surface area (Å²) in [6.07, 6.45) is 1.16. The van der Waals surface area contributed by atoms with Crippen LogP contribution in [0.5, 0.6) is 0 Å². The summed E-state index contributed by atoms with van der Waals surface area (Å²) >= 11 is 5.58. The van der Waals surface area contributed by atoms with Crippen molar-refractivity contribution in [2.24, 2.45) is 0 Å². The molecule has 0 atom stereocenters. The van der Waals surface area contributed by atoms with Gasteiger partial charge in [0.15, 0.2) is 0 Å². The lowest BCUT2D eigenvalue weighted by molar-refractivity contribution is -0.132. The average molecular weight is 260 g/mol. The Morgan fingerprint density at radius 1 is 1.53 bits per heavy atom. The van der Waals surface area contributed by atoms with Gasteiger partial charge in [0.1, 0.15) is 11.6 Å². The molecule has 1 heterocycles. The van der Waals surface area contributed by atoms with E-state index in [0.29, 0.717) is 0 Å². The minimum atomic E-state index is -0.655. The smallest absolute Gasteiger partial charge is 0.328 e. The van der Waals surface area contributed by atoms with E-state index in [1.165, 1.54) is 4.90 Å². The SMILES string of the molecule is CC(C)N(C)C(=O)Cn1cc(Cl)c(=O)[nH]c1=O. The number of hydrogen-bond donors (Lipinski definition) is 1. The standard InChI is InChI=1S/C10H14ClN3O3/c1-6(2)13(3)8(15)5-14-4-7(11)9(16)12-10(14)17/h4,6H,5H2,1-3H3,(H,12,16,17). The molecule has 0 aromatic carbocycles. The maximum Gasteiger partial charge on any atom is 0.328 e. The molecule has 0 fully saturated rings. The molecule has 17 heavy (non-hydrogen) atoms. The maximum absolute atomic E-state index is 11.7. The van der Waals surface area contributed by atoms with Gasteiger partial charge in [-0.15, -0.1) is 0 Å². The summed E-state index contributed by atoms with van der Waals surface area (Å²) in [6.45, 7) is 3.57. The van der Waals surface area contributed by atoms with Gasteiger partial charge in [-0.3, -0.25) is 19.1 Å². The Morgan fingerprint density at radius 3 is 2.65 bits per heavy atom. The van der Waals surface area contributed by atoms with Crippen molar-refractivity contribution in [3.05, 3.63) is 32.1 Å². The highest BCUT2D eigenvalue weighted by Gasteiger charge is 2.13. The molecule has 0 aliphatic heterocycles. The molecule has 0 saturated carbocycles. The van der Waals surface area contributed by atoms with E-state index in [0.717, 1.165) is 10.8 Å². The first-order valence-corrected chi connectivity index (χ1v) is 5.45. The highest BCUT2D eigenvalue weighted by atomic mass is 35.5. The lowest BCUT2D eigenvalue weighted by Crippen LogP contribution is -2.39. The zero-order chi connectivity index (χ0) is 13.2. The van der Waals surface area contributed by atoms with E-state index in [4.69, 9.17) is 11.6 Å². The minimum absolute atomic E-state index is 0.0384. The molecule has 6 nitrogen and oxygen atoms in total. The van der Waals surface area contributed by atoms with Crippen molar-refractivity contribution < 1.29 is 4.79 Å². The number of rotatable bonds is 3. The number of hydrogen-bond acceptors (Lipinski definition) is 3. The Hall–Kier alpha value is -1.56. The molecule has 0 unspecified atom stereocenters. The van der Waals surface area contributed by atoms with Crippen molar-refractivity contribution >= 4 is 17.5 Å². The van der Waals surface area contributed by atoms with Gasteiger partial charge in [0.25, 0.3) is 5.56 Å². The molecule has 1 amide bonds. The first-order chi connectivity index (χ1) is 7.82. The molecule has 1 aromatic heterocycles. The van der Waals surface area contributed by atoms with Crippen LogP contribution in [0.2, 0.25) is 5.02 Å². The number of carbonyl (C=O) groups is 1. The molecule has 0 radical (unpaired) electrons. The van der Waals surface area contributed by atoms with Crippen LogP contribution in [0.3, 0.4) is 0 Å². The van der Waals surface area contributed by atoms with Gasteiger partial charge in [0.05, 0.1) is 0 Å². The van der Waals surface area contributed by atoms with Crippen LogP contribution < -0.4 is 11.2 Å². The maximum atomic E-state index is 11.7. The molecule has 0 aliphatic rings. The zero-order valence-corrected chi connectivity index (χ0v) is 10.6. The highest BCUT2D eigenvalue weighted by Crippen LogP contribution is 1.99. The van der Waals surface area contributed by atoms with E-state index < -0.39 is 11.2 Å². The topological polar surface area (TPSA) is 75.2 Å². The normalized spacial score (nSPS) is 10.6. The van der Waals surface area contributed by atoms with E-state index in [1.807, 2.05) is 18.8 Å². The van der Waals surface area contributed by atoms with E-state index in [-0.39, 0.29) is 23.5 Å². The lowest BCUT2D eigenvalue weighted by atomic mass is 10.3. The van der Waals surface area contributed by atoms with Crippen LogP contribution >= 0.6 is 11.6 Å². The van der Waals surface area contributed by atoms with Crippen molar-refractivity contribution in [3.8, 4) is 0 Å². The molecular formula is C10H14ClN3O3. The number of carbonyl (C=O) groups excluding carboxylic acids is 1. The summed E-state index contributed by atoms with van der Waals surface area (Å²) in [4.78, 5) is 37.7. The molecule has 1 rings (SSSR count). The van der Waals surface area contributed by atoms with E-state index in [1.54, 1.807) is 7.05 Å². The largest absolute Gasteiger partial charge is 0.342 e. The molecule has 0 aliphatic carbocycles. The van der Waals surface area contributed by atoms with Crippen LogP contribution in [0.4, 0.5) is 0 Å². The third kappa shape index (κ3) is 3.20. The van der Waals surface area contributed by atoms with Gasteiger partial charge in [0, 0.05) is 19.3 Å². The second kappa shape index (κ2) is 5.18. The lowest BCUT2D eigenvalue weighted by Gasteiger charge is -2.21. The van der Waals surface area contributed by atoms with E-state index >= 15 is 0 Å². The minimum Gasteiger partial charge on any atom is -0.342 e. The number of aromatic nitrogens is 2. The number of halogens is 1. The quantitative estimate of drug-likeness (QED) is 0.834. The number of H-pyrrole nitrogens is 1. The van der Waals surface area contributed by atoms with Crippen molar-refractivity contribution in [1.29, 1.82) is 0 Å². The first kappa shape index (κ1) is 13.5. The van der Waals surface area contributed by atoms with Gasteiger partial charge in [-0.1, -0.05) is 11.6 Å². The fourth-order valence-electron chi connectivity index (χ4n) is 1.15. The number of nitrogens with one attached hydrogen (secondary N) is 1. The summed E-state index contributed by atoms with van der Waals surface area (Å²) in [5, 5.41) is -0.121. The molecule has 1 N–H and O–H groups in total. The average Bonchev–Trinajstić information content (AvgIpc) is 2.24. The third-order valence-electron chi connectivity index (χ3n) is 2.44. The Balaban J connectivity index is 2.97. The molecule has 94 valence electrons. The zero-order valence-electron chi connectivity index (χ0n) is 9.86. The predicted molar refractivity (Wildman–Crippen MR) is 64.2 cm³/mol. The number of nitrogens with zero attached hydrogens (tertiary/aromatic N) is 2. The van der Waals surface area contributed by atoms with Crippen molar-refractivity contribution in [2.75, 3.05) is 7.05 Å². The summed E-state index contributed by atoms with van der Waals surface area (Å²) < 4.78 is 1.07. The predicted octanol–water partition coefficient (Wildman–Crippen LogP) is 0.0568. The summed E-state index contributed by atoms with van der Waals surface area (Å²) in [6, 6.07) is 0.0384. The summed E-state index contributed by atoms with van der Waals surface area (Å²) in [7, 11) is 1.64. The Labute approximate surface area is 103 Å². The van der Waals surface area contributed by atoms with Crippen LogP contribution in [0.1, 0.15) is 13.8 Å². The Morgan fingerprint density at radius 2 is 2.12 bits per heavy atom. The molecule has 1 aromatic rings. The number of aromatic amines is 1. The molecule has 7 heteroatoms. The van der Waals surface area contributed by atoms with Gasteiger partial charge in [-0.2, -0.15) is 0 Å². The van der Waals surface area contributed by atoms with E-state index in [2.05, 4.69) is 0 Å². The van der Waals surface area contributed by atoms with Crippen LogP contribution in [0.15, 0.2) is 15.8 Å². The van der Waals surface area contributed by atoms with Gasteiger partial charge in [-0.25, -0.2) is 4.79 Å². The second-order valence-corrected chi connectivity index (χ2v) is 4.37. The second-order valence-electron chi connectivity index (χ2n) is 3.96. The first-order valence-electron chi connectivity index (χ1n) is 5.08. The van der Waals surface area contributed by atoms with Crippen molar-refractivity contribution in [2.45, 2.75) is 26.4 Å². The van der Waals surface area contributed by atoms with Gasteiger partial charge in [-0.05, 0) is 13.8 Å². The third-order valence-corrected chi connectivity index (χ3v) is 2.71. The van der Waals surface area contributed by atoms with Gasteiger partial charge in [0.2, 0.25) is 5.91 Å². The highest BCUT2D eigenvalue weighted by molar-refractivity contribution is 6.30. The van der Waals surface area contributed by atoms with Crippen LogP contribution in [-0.4, -0.2) is 33.4 Å². The van der Waals surface area contributed by atoms with Crippen LogP contribution in [-0.2, 0) is 11.3 Å². The van der Waals surface area contributed by atoms with Gasteiger partial charge >= 0.3 is 5.69 Å². The van der Waals surface area contributed by atoms with Crippen molar-refractivity contribution in [1.82, 2.24) is 14.5 Å². The molecule has 0 spiro atoms. The summed E-state index contributed by atoms with van der Waals surface area (Å²) in [5.74, 6) is -0.231. The number of likely N-dealkylation sites (N-methyl/N-ethyl adjacent to an activating group) is 1. The summed E-state index contributed by atoms with van der Waals surface area (Å²) in [5.41, 5.74) is -1.30. The Kier molecular flexibility index (Phi) is 4.11. The molecular weight excluding hydrogens is 246 g/mol.